The van der Waals surface area contributed by atoms with E-state index in [1.807, 2.05) is 31.2 Å². The van der Waals surface area contributed by atoms with Gasteiger partial charge in [0.05, 0.1) is 11.0 Å². The van der Waals surface area contributed by atoms with Crippen LogP contribution in [-0.4, -0.2) is 27.0 Å². The Hall–Kier alpha value is -2.89. The first kappa shape index (κ1) is 16.0. The minimum Gasteiger partial charge on any atom is -0.352 e. The number of hydrogen-bond acceptors (Lipinski definition) is 3. The number of carbonyl (C=O) groups is 1. The third-order valence-electron chi connectivity index (χ3n) is 3.99. The summed E-state index contributed by atoms with van der Waals surface area (Å²) < 4.78 is 2.14. The number of aromatic amines is 1. The second-order valence-electron chi connectivity index (χ2n) is 5.79. The fraction of sp³-hybridized carbons (Fsp3) is 0.278. The second kappa shape index (κ2) is 6.70. The van der Waals surface area contributed by atoms with Crippen LogP contribution >= 0.6 is 0 Å². The zero-order chi connectivity index (χ0) is 17.1. The van der Waals surface area contributed by atoms with Gasteiger partial charge < -0.3 is 14.9 Å². The van der Waals surface area contributed by atoms with Crippen LogP contribution in [0.15, 0.2) is 41.2 Å². The van der Waals surface area contributed by atoms with Crippen molar-refractivity contribution in [1.82, 2.24) is 19.9 Å². The molecule has 0 bridgehead atoms. The number of H-pyrrole nitrogens is 1. The van der Waals surface area contributed by atoms with Crippen LogP contribution in [0.4, 0.5) is 0 Å². The van der Waals surface area contributed by atoms with Gasteiger partial charge >= 0.3 is 0 Å². The first-order valence-electron chi connectivity index (χ1n) is 7.96. The second-order valence-corrected chi connectivity index (χ2v) is 5.79. The average Bonchev–Trinajstić information content (AvgIpc) is 2.87. The molecule has 0 spiro atoms. The highest BCUT2D eigenvalue weighted by Crippen LogP contribution is 2.15. The topological polar surface area (TPSA) is 79.8 Å². The lowest BCUT2D eigenvalue weighted by molar-refractivity contribution is 0.0951. The lowest BCUT2D eigenvalue weighted by Gasteiger charge is -2.08. The van der Waals surface area contributed by atoms with Gasteiger partial charge in [-0.25, -0.2) is 4.98 Å². The van der Waals surface area contributed by atoms with E-state index in [1.165, 1.54) is 0 Å². The van der Waals surface area contributed by atoms with Gasteiger partial charge in [-0.3, -0.25) is 9.59 Å². The number of carbonyl (C=O) groups excluding carboxylic acids is 1. The molecule has 3 aromatic rings. The molecule has 2 N–H and O–H groups in total. The van der Waals surface area contributed by atoms with Crippen molar-refractivity contribution in [2.24, 2.45) is 0 Å². The van der Waals surface area contributed by atoms with Gasteiger partial charge in [-0.05, 0) is 44.5 Å². The van der Waals surface area contributed by atoms with E-state index >= 15 is 0 Å². The molecule has 0 aliphatic heterocycles. The van der Waals surface area contributed by atoms with Gasteiger partial charge in [0.2, 0.25) is 0 Å². The van der Waals surface area contributed by atoms with E-state index in [9.17, 15) is 9.59 Å². The van der Waals surface area contributed by atoms with Crippen LogP contribution < -0.4 is 10.9 Å². The molecule has 0 unspecified atom stereocenters. The SMILES string of the molecule is Cc1ccc(C(=O)NCCCn2c(C)nc3ccccc32)c(=O)[nH]1. The number of hydrogen-bond donors (Lipinski definition) is 2. The molecular formula is C18H20N4O2. The van der Waals surface area contributed by atoms with Gasteiger partial charge in [0.25, 0.3) is 11.5 Å². The van der Waals surface area contributed by atoms with Crippen molar-refractivity contribution in [3.05, 3.63) is 63.8 Å². The number of para-hydroxylation sites is 2. The maximum atomic E-state index is 12.1. The predicted octanol–water partition coefficient (Wildman–Crippen LogP) is 2.16. The number of nitrogens with zero attached hydrogens (tertiary/aromatic N) is 2. The highest BCUT2D eigenvalue weighted by Gasteiger charge is 2.10. The Labute approximate surface area is 139 Å². The normalized spacial score (nSPS) is 10.9. The Morgan fingerprint density at radius 3 is 2.79 bits per heavy atom. The fourth-order valence-corrected chi connectivity index (χ4v) is 2.76. The van der Waals surface area contributed by atoms with Crippen molar-refractivity contribution >= 4 is 16.9 Å². The van der Waals surface area contributed by atoms with Crippen LogP contribution in [0.5, 0.6) is 0 Å². The van der Waals surface area contributed by atoms with Crippen LogP contribution in [0.1, 0.15) is 28.3 Å². The summed E-state index contributed by atoms with van der Waals surface area (Å²) in [6.07, 6.45) is 0.761. The molecule has 0 aliphatic carbocycles. The highest BCUT2D eigenvalue weighted by atomic mass is 16.2. The molecule has 2 heterocycles. The Balaban J connectivity index is 1.59. The minimum absolute atomic E-state index is 0.143. The summed E-state index contributed by atoms with van der Waals surface area (Å²) in [5, 5.41) is 2.80. The fourth-order valence-electron chi connectivity index (χ4n) is 2.76. The molecule has 0 fully saturated rings. The van der Waals surface area contributed by atoms with E-state index in [0.717, 1.165) is 35.5 Å². The van der Waals surface area contributed by atoms with Crippen molar-refractivity contribution in [2.45, 2.75) is 26.8 Å². The molecule has 0 radical (unpaired) electrons. The number of nitrogens with one attached hydrogen (secondary N) is 2. The summed E-state index contributed by atoms with van der Waals surface area (Å²) >= 11 is 0. The molecule has 0 saturated heterocycles. The van der Waals surface area contributed by atoms with E-state index < -0.39 is 0 Å². The maximum Gasteiger partial charge on any atom is 0.260 e. The number of amides is 1. The van der Waals surface area contributed by atoms with Crippen molar-refractivity contribution < 1.29 is 4.79 Å². The van der Waals surface area contributed by atoms with Gasteiger partial charge in [0.1, 0.15) is 11.4 Å². The van der Waals surface area contributed by atoms with E-state index in [-0.39, 0.29) is 17.0 Å². The summed E-state index contributed by atoms with van der Waals surface area (Å²) in [7, 11) is 0. The summed E-state index contributed by atoms with van der Waals surface area (Å²) in [5.74, 6) is 0.612. The zero-order valence-corrected chi connectivity index (χ0v) is 13.8. The van der Waals surface area contributed by atoms with Crippen LogP contribution in [-0.2, 0) is 6.54 Å². The van der Waals surface area contributed by atoms with E-state index in [1.54, 1.807) is 19.1 Å². The molecule has 1 amide bonds. The van der Waals surface area contributed by atoms with E-state index in [0.29, 0.717) is 6.54 Å². The molecule has 0 aliphatic rings. The molecular weight excluding hydrogens is 304 g/mol. The molecule has 0 saturated carbocycles. The molecule has 24 heavy (non-hydrogen) atoms. The summed E-state index contributed by atoms with van der Waals surface area (Å²) in [6, 6.07) is 11.3. The van der Waals surface area contributed by atoms with Crippen LogP contribution in [0.3, 0.4) is 0 Å². The maximum absolute atomic E-state index is 12.1. The number of benzene rings is 1. The zero-order valence-electron chi connectivity index (χ0n) is 13.8. The molecule has 6 nitrogen and oxygen atoms in total. The highest BCUT2D eigenvalue weighted by molar-refractivity contribution is 5.93. The van der Waals surface area contributed by atoms with Crippen molar-refractivity contribution in [1.29, 1.82) is 0 Å². The Kier molecular flexibility index (Phi) is 4.46. The first-order chi connectivity index (χ1) is 11.6. The van der Waals surface area contributed by atoms with Gasteiger partial charge in [0, 0.05) is 18.8 Å². The molecule has 124 valence electrons. The standard InChI is InChI=1S/C18H20N4O2/c1-12-8-9-14(18(24)20-12)17(23)19-10-5-11-22-13(2)21-15-6-3-4-7-16(15)22/h3-4,6-9H,5,10-11H2,1-2H3,(H,19,23)(H,20,24). The number of aryl methyl sites for hydroxylation is 3. The molecule has 3 rings (SSSR count). The number of aromatic nitrogens is 3. The van der Waals surface area contributed by atoms with Crippen LogP contribution in [0, 0.1) is 13.8 Å². The third kappa shape index (κ3) is 3.22. The Bertz CT molecular complexity index is 940. The number of fused-ring (bicyclic) bond motifs is 1. The summed E-state index contributed by atoms with van der Waals surface area (Å²) in [6.45, 7) is 5.01. The van der Waals surface area contributed by atoms with Gasteiger partial charge in [0.15, 0.2) is 0 Å². The molecule has 2 aromatic heterocycles. The number of rotatable bonds is 5. The third-order valence-corrected chi connectivity index (χ3v) is 3.99. The largest absolute Gasteiger partial charge is 0.352 e. The Morgan fingerprint density at radius 1 is 1.21 bits per heavy atom. The molecule has 0 atom stereocenters. The van der Waals surface area contributed by atoms with Gasteiger partial charge in [-0.2, -0.15) is 0 Å². The monoisotopic (exact) mass is 324 g/mol. The Morgan fingerprint density at radius 2 is 2.00 bits per heavy atom. The van der Waals surface area contributed by atoms with E-state index in [4.69, 9.17) is 0 Å². The van der Waals surface area contributed by atoms with Crippen LogP contribution in [0.25, 0.3) is 11.0 Å². The lowest BCUT2D eigenvalue weighted by Crippen LogP contribution is -2.30. The lowest BCUT2D eigenvalue weighted by atomic mass is 10.2. The minimum atomic E-state index is -0.357. The summed E-state index contributed by atoms with van der Waals surface area (Å²) in [5.41, 5.74) is 2.59. The quantitative estimate of drug-likeness (QED) is 0.706. The molecule has 1 aromatic carbocycles. The van der Waals surface area contributed by atoms with E-state index in [2.05, 4.69) is 19.9 Å². The van der Waals surface area contributed by atoms with Gasteiger partial charge in [-0.15, -0.1) is 0 Å². The molecule has 6 heteroatoms. The van der Waals surface area contributed by atoms with Crippen LogP contribution in [0.2, 0.25) is 0 Å². The van der Waals surface area contributed by atoms with Crippen molar-refractivity contribution in [3.8, 4) is 0 Å². The number of imidazole rings is 1. The summed E-state index contributed by atoms with van der Waals surface area (Å²) in [4.78, 5) is 31.0. The van der Waals surface area contributed by atoms with Crippen molar-refractivity contribution in [3.63, 3.8) is 0 Å². The number of pyridine rings is 1. The van der Waals surface area contributed by atoms with Gasteiger partial charge in [-0.1, -0.05) is 12.1 Å². The average molecular weight is 324 g/mol. The van der Waals surface area contributed by atoms with Crippen molar-refractivity contribution in [2.75, 3.05) is 6.54 Å². The predicted molar refractivity (Wildman–Crippen MR) is 93.2 cm³/mol. The smallest absolute Gasteiger partial charge is 0.260 e. The first-order valence-corrected chi connectivity index (χ1v) is 7.96.